The molecule has 0 N–H and O–H groups in total. The van der Waals surface area contributed by atoms with Gasteiger partial charge in [-0.1, -0.05) is 12.2 Å². The molecule has 44 valence electrons. The molecule has 2 aliphatic rings. The summed E-state index contributed by atoms with van der Waals surface area (Å²) in [5, 5.41) is 7.22. The average molecular weight is 120 g/mol. The van der Waals surface area contributed by atoms with Crippen LogP contribution in [0.1, 0.15) is 0 Å². The van der Waals surface area contributed by atoms with Crippen LogP contribution in [0.15, 0.2) is 34.5 Å². The van der Waals surface area contributed by atoms with E-state index in [2.05, 4.69) is 10.2 Å². The summed E-state index contributed by atoms with van der Waals surface area (Å²) in [6.07, 6.45) is 6.65. The molecule has 0 aromatic rings. The van der Waals surface area contributed by atoms with E-state index in [0.29, 0.717) is 0 Å². The average Bonchev–Trinajstić information content (AvgIpc) is 2.60. The third kappa shape index (κ3) is 0.483. The van der Waals surface area contributed by atoms with Crippen molar-refractivity contribution in [1.82, 2.24) is 0 Å². The third-order valence-corrected chi connectivity index (χ3v) is 1.37. The van der Waals surface area contributed by atoms with Gasteiger partial charge >= 0.3 is 0 Å². The standard InChI is InChI=1S/C6H4N2O/c9-5-3-1-2-4-6(5)7-8-6/h1-4H. The zero-order valence-corrected chi connectivity index (χ0v) is 4.61. The van der Waals surface area contributed by atoms with E-state index < -0.39 is 5.66 Å². The second kappa shape index (κ2) is 1.18. The fourth-order valence-corrected chi connectivity index (χ4v) is 0.757. The summed E-state index contributed by atoms with van der Waals surface area (Å²) in [4.78, 5) is 10.9. The molecule has 0 saturated heterocycles. The van der Waals surface area contributed by atoms with Crippen molar-refractivity contribution in [3.8, 4) is 0 Å². The highest BCUT2D eigenvalue weighted by molar-refractivity contribution is 6.02. The Morgan fingerprint density at radius 3 is 2.56 bits per heavy atom. The van der Waals surface area contributed by atoms with Crippen molar-refractivity contribution in [2.75, 3.05) is 0 Å². The van der Waals surface area contributed by atoms with Gasteiger partial charge in [-0.3, -0.25) is 4.79 Å². The highest BCUT2D eigenvalue weighted by Gasteiger charge is 2.44. The number of ketones is 1. The predicted octanol–water partition coefficient (Wildman–Crippen LogP) is 0.844. The first-order valence-electron chi connectivity index (χ1n) is 2.68. The number of hydrogen-bond acceptors (Lipinski definition) is 3. The fourth-order valence-electron chi connectivity index (χ4n) is 0.757. The predicted molar refractivity (Wildman–Crippen MR) is 30.9 cm³/mol. The van der Waals surface area contributed by atoms with Gasteiger partial charge in [0.25, 0.3) is 5.66 Å². The molecular formula is C6H4N2O. The molecule has 0 atom stereocenters. The van der Waals surface area contributed by atoms with Crippen molar-refractivity contribution in [1.29, 1.82) is 0 Å². The molecule has 0 fully saturated rings. The highest BCUT2D eigenvalue weighted by atomic mass is 16.1. The lowest BCUT2D eigenvalue weighted by molar-refractivity contribution is -0.116. The first-order chi connectivity index (χ1) is 4.33. The van der Waals surface area contributed by atoms with E-state index in [1.165, 1.54) is 6.08 Å². The lowest BCUT2D eigenvalue weighted by Gasteiger charge is -2.00. The minimum absolute atomic E-state index is 0.0370. The zero-order chi connectivity index (χ0) is 6.32. The Hall–Kier alpha value is -1.25. The maximum absolute atomic E-state index is 10.9. The highest BCUT2D eigenvalue weighted by Crippen LogP contribution is 2.32. The summed E-state index contributed by atoms with van der Waals surface area (Å²) >= 11 is 0. The van der Waals surface area contributed by atoms with Crippen LogP contribution in [0.3, 0.4) is 0 Å². The van der Waals surface area contributed by atoms with Crippen LogP contribution in [0.5, 0.6) is 0 Å². The van der Waals surface area contributed by atoms with E-state index in [4.69, 9.17) is 0 Å². The van der Waals surface area contributed by atoms with Crippen LogP contribution in [-0.4, -0.2) is 11.4 Å². The largest absolute Gasteiger partial charge is 0.289 e. The summed E-state index contributed by atoms with van der Waals surface area (Å²) in [6, 6.07) is 0. The first kappa shape index (κ1) is 4.61. The van der Waals surface area contributed by atoms with Crippen molar-refractivity contribution in [3.05, 3.63) is 24.3 Å². The fraction of sp³-hybridized carbons (Fsp3) is 0.167. The Morgan fingerprint density at radius 2 is 2.11 bits per heavy atom. The Labute approximate surface area is 51.8 Å². The molecule has 3 nitrogen and oxygen atoms in total. The summed E-state index contributed by atoms with van der Waals surface area (Å²) in [5.41, 5.74) is -0.769. The van der Waals surface area contributed by atoms with Gasteiger partial charge in [-0.25, -0.2) is 0 Å². The first-order valence-corrected chi connectivity index (χ1v) is 2.68. The molecule has 0 radical (unpaired) electrons. The van der Waals surface area contributed by atoms with Gasteiger partial charge in [0.05, 0.1) is 0 Å². The molecule has 1 heterocycles. The minimum atomic E-state index is -0.769. The molecule has 1 aliphatic heterocycles. The van der Waals surface area contributed by atoms with Crippen molar-refractivity contribution < 1.29 is 4.79 Å². The number of hydrogen-bond donors (Lipinski definition) is 0. The Balaban J connectivity index is 2.37. The minimum Gasteiger partial charge on any atom is -0.289 e. The summed E-state index contributed by atoms with van der Waals surface area (Å²) in [7, 11) is 0. The Morgan fingerprint density at radius 1 is 1.33 bits per heavy atom. The quantitative estimate of drug-likeness (QED) is 0.467. The molecule has 0 bridgehead atoms. The molecule has 0 unspecified atom stereocenters. The van der Waals surface area contributed by atoms with E-state index in [-0.39, 0.29) is 5.78 Å². The molecule has 0 saturated carbocycles. The molecule has 1 spiro atoms. The zero-order valence-electron chi connectivity index (χ0n) is 4.61. The van der Waals surface area contributed by atoms with Crippen LogP contribution in [0.25, 0.3) is 0 Å². The number of rotatable bonds is 0. The van der Waals surface area contributed by atoms with Crippen LogP contribution in [0, 0.1) is 0 Å². The van der Waals surface area contributed by atoms with E-state index >= 15 is 0 Å². The SMILES string of the molecule is O=C1C=CC=CC12N=N2. The Kier molecular flexibility index (Phi) is 0.605. The molecule has 0 aromatic heterocycles. The number of nitrogens with zero attached hydrogens (tertiary/aromatic N) is 2. The maximum Gasteiger partial charge on any atom is 0.270 e. The van der Waals surface area contributed by atoms with Gasteiger partial charge in [0.15, 0.2) is 0 Å². The van der Waals surface area contributed by atoms with Crippen LogP contribution in [0.4, 0.5) is 0 Å². The number of carbonyl (C=O) groups excluding carboxylic acids is 1. The molecule has 9 heavy (non-hydrogen) atoms. The van der Waals surface area contributed by atoms with E-state index in [9.17, 15) is 4.79 Å². The summed E-state index contributed by atoms with van der Waals surface area (Å²) in [6.45, 7) is 0. The van der Waals surface area contributed by atoms with Gasteiger partial charge in [0, 0.05) is 0 Å². The van der Waals surface area contributed by atoms with Gasteiger partial charge in [0.1, 0.15) is 0 Å². The second-order valence-corrected chi connectivity index (χ2v) is 2.01. The van der Waals surface area contributed by atoms with Crippen molar-refractivity contribution in [2.24, 2.45) is 10.2 Å². The molecule has 1 aliphatic carbocycles. The normalized spacial score (nSPS) is 25.6. The maximum atomic E-state index is 10.9. The molecular weight excluding hydrogens is 116 g/mol. The summed E-state index contributed by atoms with van der Waals surface area (Å²) < 4.78 is 0. The van der Waals surface area contributed by atoms with Crippen LogP contribution in [-0.2, 0) is 4.79 Å². The number of allylic oxidation sites excluding steroid dienone is 2. The van der Waals surface area contributed by atoms with Crippen LogP contribution >= 0.6 is 0 Å². The lowest BCUT2D eigenvalue weighted by atomic mass is 10.0. The molecule has 3 heteroatoms. The topological polar surface area (TPSA) is 41.8 Å². The van der Waals surface area contributed by atoms with Gasteiger partial charge in [-0.2, -0.15) is 0 Å². The number of carbonyl (C=O) groups is 1. The van der Waals surface area contributed by atoms with Gasteiger partial charge in [-0.05, 0) is 12.2 Å². The van der Waals surface area contributed by atoms with Gasteiger partial charge < -0.3 is 0 Å². The Bertz CT molecular complexity index is 244. The van der Waals surface area contributed by atoms with Crippen molar-refractivity contribution in [3.63, 3.8) is 0 Å². The molecule has 0 amide bonds. The molecule has 0 aromatic carbocycles. The monoisotopic (exact) mass is 120 g/mol. The van der Waals surface area contributed by atoms with Crippen LogP contribution in [0.2, 0.25) is 0 Å². The van der Waals surface area contributed by atoms with Crippen LogP contribution < -0.4 is 0 Å². The molecule has 2 rings (SSSR count). The smallest absolute Gasteiger partial charge is 0.270 e. The van der Waals surface area contributed by atoms with E-state index in [1.807, 2.05) is 0 Å². The van der Waals surface area contributed by atoms with Gasteiger partial charge in [0.2, 0.25) is 5.78 Å². The van der Waals surface area contributed by atoms with Crippen molar-refractivity contribution >= 4 is 5.78 Å². The second-order valence-electron chi connectivity index (χ2n) is 2.01. The van der Waals surface area contributed by atoms with Crippen molar-refractivity contribution in [2.45, 2.75) is 5.66 Å². The van der Waals surface area contributed by atoms with Gasteiger partial charge in [-0.15, -0.1) is 10.2 Å². The van der Waals surface area contributed by atoms with E-state index in [1.54, 1.807) is 18.2 Å². The summed E-state index contributed by atoms with van der Waals surface area (Å²) in [5.74, 6) is -0.0370. The third-order valence-electron chi connectivity index (χ3n) is 1.37. The lowest BCUT2D eigenvalue weighted by Crippen LogP contribution is -2.20. The van der Waals surface area contributed by atoms with E-state index in [0.717, 1.165) is 0 Å².